The number of anilines is 2. The molecule has 142 valence electrons. The molecule has 4 rings (SSSR count). The maximum absolute atomic E-state index is 8.63. The van der Waals surface area contributed by atoms with E-state index in [2.05, 4.69) is 21.8 Å². The summed E-state index contributed by atoms with van der Waals surface area (Å²) in [6.07, 6.45) is 5.51. The Labute approximate surface area is 159 Å². The van der Waals surface area contributed by atoms with Crippen LogP contribution in [0.15, 0.2) is 30.6 Å². The number of nitrogens with zero attached hydrogens (tertiary/aromatic N) is 3. The van der Waals surface area contributed by atoms with Gasteiger partial charge in [0.05, 0.1) is 11.4 Å². The van der Waals surface area contributed by atoms with E-state index >= 15 is 0 Å². The van der Waals surface area contributed by atoms with Crippen molar-refractivity contribution in [1.29, 1.82) is 5.41 Å². The van der Waals surface area contributed by atoms with Gasteiger partial charge in [-0.05, 0) is 50.8 Å². The maximum Gasteiger partial charge on any atom is 0.132 e. The van der Waals surface area contributed by atoms with Crippen LogP contribution in [0.3, 0.4) is 0 Å². The van der Waals surface area contributed by atoms with Crippen molar-refractivity contribution in [2.45, 2.75) is 44.2 Å². The molecule has 7 heteroatoms. The SMILES string of the molecule is CC1(Oc2ccc(N)c(C(=N)c3cc(N4CCC(N)CC4)ncn3)c2)CC1. The zero-order chi connectivity index (χ0) is 19.0. The monoisotopic (exact) mass is 366 g/mol. The number of nitrogens with two attached hydrogens (primary N) is 2. The van der Waals surface area contributed by atoms with E-state index in [0.717, 1.165) is 50.3 Å². The van der Waals surface area contributed by atoms with Gasteiger partial charge in [-0.1, -0.05) is 0 Å². The molecule has 1 saturated carbocycles. The van der Waals surface area contributed by atoms with Crippen LogP contribution in [0.2, 0.25) is 0 Å². The van der Waals surface area contributed by atoms with Gasteiger partial charge >= 0.3 is 0 Å². The summed E-state index contributed by atoms with van der Waals surface area (Å²) in [5, 5.41) is 8.63. The third-order valence-corrected chi connectivity index (χ3v) is 5.38. The second kappa shape index (κ2) is 6.81. The van der Waals surface area contributed by atoms with E-state index in [1.807, 2.05) is 18.2 Å². The number of piperidine rings is 1. The molecule has 1 aromatic carbocycles. The van der Waals surface area contributed by atoms with E-state index in [1.165, 1.54) is 6.33 Å². The van der Waals surface area contributed by atoms with Crippen LogP contribution in [0.1, 0.15) is 43.9 Å². The minimum atomic E-state index is -0.0766. The van der Waals surface area contributed by atoms with Gasteiger partial charge in [-0.15, -0.1) is 0 Å². The molecule has 1 aromatic heterocycles. The Kier molecular flexibility index (Phi) is 4.47. The molecule has 0 amide bonds. The van der Waals surface area contributed by atoms with Crippen molar-refractivity contribution in [2.24, 2.45) is 5.73 Å². The third-order valence-electron chi connectivity index (χ3n) is 5.38. The molecule has 0 spiro atoms. The fourth-order valence-electron chi connectivity index (χ4n) is 3.30. The minimum absolute atomic E-state index is 0.0766. The van der Waals surface area contributed by atoms with Gasteiger partial charge in [-0.2, -0.15) is 0 Å². The Morgan fingerprint density at radius 1 is 1.22 bits per heavy atom. The molecule has 7 nitrogen and oxygen atoms in total. The Bertz CT molecular complexity index is 855. The minimum Gasteiger partial charge on any atom is -0.488 e. The number of ether oxygens (including phenoxy) is 1. The lowest BCUT2D eigenvalue weighted by Crippen LogP contribution is -2.40. The highest BCUT2D eigenvalue weighted by Gasteiger charge is 2.40. The van der Waals surface area contributed by atoms with Crippen LogP contribution in [0.25, 0.3) is 0 Å². The number of nitrogens with one attached hydrogen (secondary N) is 1. The van der Waals surface area contributed by atoms with Crippen molar-refractivity contribution in [3.63, 3.8) is 0 Å². The Morgan fingerprint density at radius 2 is 1.96 bits per heavy atom. The molecule has 0 bridgehead atoms. The van der Waals surface area contributed by atoms with Crippen molar-refractivity contribution in [3.8, 4) is 5.75 Å². The summed E-state index contributed by atoms with van der Waals surface area (Å²) in [6.45, 7) is 3.83. The van der Waals surface area contributed by atoms with Crippen LogP contribution < -0.4 is 21.1 Å². The van der Waals surface area contributed by atoms with Gasteiger partial charge in [0.2, 0.25) is 0 Å². The second-order valence-corrected chi connectivity index (χ2v) is 7.76. The molecular formula is C20H26N6O. The van der Waals surface area contributed by atoms with Crippen LogP contribution in [0.4, 0.5) is 11.5 Å². The number of hydrogen-bond donors (Lipinski definition) is 3. The average Bonchev–Trinajstić information content (AvgIpc) is 3.40. The summed E-state index contributed by atoms with van der Waals surface area (Å²) < 4.78 is 6.02. The summed E-state index contributed by atoms with van der Waals surface area (Å²) in [6, 6.07) is 7.60. The molecule has 27 heavy (non-hydrogen) atoms. The molecule has 2 fully saturated rings. The van der Waals surface area contributed by atoms with Crippen molar-refractivity contribution >= 4 is 17.2 Å². The predicted molar refractivity (Wildman–Crippen MR) is 107 cm³/mol. The predicted octanol–water partition coefficient (Wildman–Crippen LogP) is 2.33. The van der Waals surface area contributed by atoms with E-state index in [9.17, 15) is 0 Å². The van der Waals surface area contributed by atoms with Crippen LogP contribution in [-0.4, -0.2) is 40.4 Å². The number of rotatable bonds is 5. The average molecular weight is 366 g/mol. The van der Waals surface area contributed by atoms with Crippen LogP contribution in [-0.2, 0) is 0 Å². The highest BCUT2D eigenvalue weighted by Crippen LogP contribution is 2.40. The van der Waals surface area contributed by atoms with Crippen molar-refractivity contribution in [3.05, 3.63) is 41.9 Å². The van der Waals surface area contributed by atoms with E-state index in [0.29, 0.717) is 16.9 Å². The first-order valence-corrected chi connectivity index (χ1v) is 9.44. The Morgan fingerprint density at radius 3 is 2.67 bits per heavy atom. The fourth-order valence-corrected chi connectivity index (χ4v) is 3.30. The van der Waals surface area contributed by atoms with Gasteiger partial charge in [0, 0.05) is 36.4 Å². The largest absolute Gasteiger partial charge is 0.488 e. The first kappa shape index (κ1) is 17.7. The van der Waals surface area contributed by atoms with Gasteiger partial charge in [0.1, 0.15) is 23.5 Å². The summed E-state index contributed by atoms with van der Waals surface area (Å²) in [4.78, 5) is 10.9. The molecule has 1 aliphatic heterocycles. The normalized spacial score (nSPS) is 19.0. The molecule has 2 aliphatic rings. The van der Waals surface area contributed by atoms with Crippen LogP contribution >= 0.6 is 0 Å². The zero-order valence-corrected chi connectivity index (χ0v) is 15.6. The molecule has 1 aliphatic carbocycles. The van der Waals surface area contributed by atoms with Crippen molar-refractivity contribution in [2.75, 3.05) is 23.7 Å². The molecular weight excluding hydrogens is 340 g/mol. The van der Waals surface area contributed by atoms with Gasteiger partial charge in [0.25, 0.3) is 0 Å². The number of hydrogen-bond acceptors (Lipinski definition) is 7. The Balaban J connectivity index is 1.57. The smallest absolute Gasteiger partial charge is 0.132 e. The summed E-state index contributed by atoms with van der Waals surface area (Å²) >= 11 is 0. The lowest BCUT2D eigenvalue weighted by atomic mass is 10.0. The van der Waals surface area contributed by atoms with Gasteiger partial charge < -0.3 is 21.1 Å². The molecule has 2 aromatic rings. The van der Waals surface area contributed by atoms with E-state index in [4.69, 9.17) is 21.6 Å². The second-order valence-electron chi connectivity index (χ2n) is 7.76. The highest BCUT2D eigenvalue weighted by molar-refractivity contribution is 6.13. The zero-order valence-electron chi connectivity index (χ0n) is 15.6. The van der Waals surface area contributed by atoms with Crippen molar-refractivity contribution in [1.82, 2.24) is 9.97 Å². The third kappa shape index (κ3) is 3.88. The first-order valence-electron chi connectivity index (χ1n) is 9.44. The summed E-state index contributed by atoms with van der Waals surface area (Å²) in [5.74, 6) is 1.57. The molecule has 5 N–H and O–H groups in total. The van der Waals surface area contributed by atoms with Crippen LogP contribution in [0.5, 0.6) is 5.75 Å². The van der Waals surface area contributed by atoms with Crippen LogP contribution in [0, 0.1) is 5.41 Å². The topological polar surface area (TPSA) is 114 Å². The Hall–Kier alpha value is -2.67. The van der Waals surface area contributed by atoms with E-state index < -0.39 is 0 Å². The molecule has 1 saturated heterocycles. The number of nitrogen functional groups attached to an aromatic ring is 1. The van der Waals surface area contributed by atoms with Gasteiger partial charge in [-0.25, -0.2) is 9.97 Å². The lowest BCUT2D eigenvalue weighted by Gasteiger charge is -2.31. The first-order chi connectivity index (χ1) is 12.9. The maximum atomic E-state index is 8.63. The molecule has 0 unspecified atom stereocenters. The molecule has 0 atom stereocenters. The van der Waals surface area contributed by atoms with E-state index in [1.54, 1.807) is 6.07 Å². The quantitative estimate of drug-likeness (QED) is 0.553. The number of aromatic nitrogens is 2. The molecule has 2 heterocycles. The number of benzene rings is 1. The summed E-state index contributed by atoms with van der Waals surface area (Å²) in [5.41, 5.74) is 14.0. The van der Waals surface area contributed by atoms with Crippen molar-refractivity contribution < 1.29 is 4.74 Å². The molecule has 0 radical (unpaired) electrons. The summed E-state index contributed by atoms with van der Waals surface area (Å²) in [7, 11) is 0. The fraction of sp³-hybridized carbons (Fsp3) is 0.450. The lowest BCUT2D eigenvalue weighted by molar-refractivity contribution is 0.200. The standard InChI is InChI=1S/C20H26N6O/c1-20(6-7-20)27-14-2-3-16(22)15(10-14)19(23)17-11-18(25-12-24-17)26-8-4-13(21)5-9-26/h2-3,10-13,23H,4-9,21-22H2,1H3. The van der Waals surface area contributed by atoms with Gasteiger partial charge in [-0.3, -0.25) is 5.41 Å². The highest BCUT2D eigenvalue weighted by atomic mass is 16.5. The van der Waals surface area contributed by atoms with E-state index in [-0.39, 0.29) is 17.4 Å². The van der Waals surface area contributed by atoms with Gasteiger partial charge in [0.15, 0.2) is 0 Å².